The van der Waals surface area contributed by atoms with Crippen LogP contribution in [0.15, 0.2) is 48.7 Å². The number of amides is 1. The number of pyridine rings is 1. The van der Waals surface area contributed by atoms with Crippen molar-refractivity contribution in [2.24, 2.45) is 0 Å². The average molecular weight is 493 g/mol. The Morgan fingerprint density at radius 2 is 1.83 bits per heavy atom. The average Bonchev–Trinajstić information content (AvgIpc) is 3.66. The van der Waals surface area contributed by atoms with Crippen molar-refractivity contribution in [2.45, 2.75) is 44.5 Å². The molecule has 0 atom stereocenters. The third kappa shape index (κ3) is 4.81. The van der Waals surface area contributed by atoms with Gasteiger partial charge < -0.3 is 15.8 Å². The number of ether oxygens (including phenoxy) is 1. The van der Waals surface area contributed by atoms with Crippen LogP contribution >= 0.6 is 0 Å². The van der Waals surface area contributed by atoms with Gasteiger partial charge in [0.2, 0.25) is 10.0 Å². The smallest absolute Gasteiger partial charge is 0.251 e. The Hall–Kier alpha value is -3.59. The van der Waals surface area contributed by atoms with Gasteiger partial charge in [0.25, 0.3) is 5.91 Å². The van der Waals surface area contributed by atoms with Crippen molar-refractivity contribution >= 4 is 27.4 Å². The van der Waals surface area contributed by atoms with Gasteiger partial charge in [0.1, 0.15) is 11.6 Å². The zero-order valence-electron chi connectivity index (χ0n) is 19.7. The minimum atomic E-state index is -3.39. The highest BCUT2D eigenvalue weighted by molar-refractivity contribution is 7.93. The van der Waals surface area contributed by atoms with E-state index >= 15 is 0 Å². The van der Waals surface area contributed by atoms with Crippen LogP contribution in [0.2, 0.25) is 0 Å². The van der Waals surface area contributed by atoms with Crippen molar-refractivity contribution < 1.29 is 17.9 Å². The maximum absolute atomic E-state index is 12.4. The lowest BCUT2D eigenvalue weighted by molar-refractivity contribution is 0.0946. The first kappa shape index (κ1) is 23.2. The normalized spacial score (nSPS) is 15.5. The van der Waals surface area contributed by atoms with Gasteiger partial charge in [0.15, 0.2) is 0 Å². The third-order valence-electron chi connectivity index (χ3n) is 6.14. The molecular weight excluding hydrogens is 464 g/mol. The fourth-order valence-electron chi connectivity index (χ4n) is 4.25. The fraction of sp³-hybridized carbons (Fsp3) is 0.308. The lowest BCUT2D eigenvalue weighted by Gasteiger charge is -2.19. The number of rotatable bonds is 7. The minimum Gasteiger partial charge on any atom is -0.490 e. The van der Waals surface area contributed by atoms with Crippen LogP contribution in [0, 0.1) is 0 Å². The molecule has 0 spiro atoms. The summed E-state index contributed by atoms with van der Waals surface area (Å²) in [6.07, 6.45) is 3.71. The van der Waals surface area contributed by atoms with E-state index in [1.54, 1.807) is 18.3 Å². The molecule has 1 aromatic heterocycles. The highest BCUT2D eigenvalue weighted by Gasteiger charge is 2.35. The van der Waals surface area contributed by atoms with Crippen LogP contribution in [0.25, 0.3) is 22.3 Å². The zero-order chi connectivity index (χ0) is 24.7. The molecule has 35 heavy (non-hydrogen) atoms. The first-order chi connectivity index (χ1) is 16.7. The Morgan fingerprint density at radius 1 is 1.06 bits per heavy atom. The summed E-state index contributed by atoms with van der Waals surface area (Å²) in [6.45, 7) is 4.44. The molecule has 9 heteroatoms. The van der Waals surface area contributed by atoms with Gasteiger partial charge in [-0.1, -0.05) is 12.1 Å². The van der Waals surface area contributed by atoms with Crippen LogP contribution in [-0.2, 0) is 16.4 Å². The summed E-state index contributed by atoms with van der Waals surface area (Å²) in [7, 11) is -3.39. The van der Waals surface area contributed by atoms with Gasteiger partial charge in [-0.3, -0.25) is 9.52 Å². The molecule has 3 aromatic rings. The number of fused-ring (bicyclic) bond motifs is 1. The Morgan fingerprint density at radius 3 is 2.57 bits per heavy atom. The predicted octanol–water partition coefficient (Wildman–Crippen LogP) is 3.98. The molecule has 1 fully saturated rings. The number of nitrogens with zero attached hydrogens (tertiary/aromatic N) is 1. The molecule has 1 amide bonds. The van der Waals surface area contributed by atoms with E-state index in [4.69, 9.17) is 10.5 Å². The van der Waals surface area contributed by atoms with Gasteiger partial charge in [-0.2, -0.15) is 0 Å². The second-order valence-electron chi connectivity index (χ2n) is 9.26. The topological polar surface area (TPSA) is 123 Å². The number of benzene rings is 2. The van der Waals surface area contributed by atoms with Gasteiger partial charge in [0, 0.05) is 41.1 Å². The number of nitrogen functional groups attached to an aromatic ring is 1. The van der Waals surface area contributed by atoms with E-state index in [1.165, 1.54) is 0 Å². The van der Waals surface area contributed by atoms with Gasteiger partial charge >= 0.3 is 0 Å². The predicted molar refractivity (Wildman–Crippen MR) is 137 cm³/mol. The Labute approximate surface area is 205 Å². The second kappa shape index (κ2) is 8.88. The fourth-order valence-corrected chi connectivity index (χ4v) is 5.63. The number of carbonyl (C=O) groups excluding carboxylic acids is 1. The van der Waals surface area contributed by atoms with Crippen molar-refractivity contribution in [3.8, 4) is 28.0 Å². The quantitative estimate of drug-likeness (QED) is 0.458. The molecule has 0 radical (unpaired) electrons. The van der Waals surface area contributed by atoms with Crippen molar-refractivity contribution in [3.63, 3.8) is 0 Å². The number of sulfonamides is 1. The zero-order valence-corrected chi connectivity index (χ0v) is 20.5. The molecule has 5 rings (SSSR count). The molecule has 1 aliphatic carbocycles. The Balaban J connectivity index is 1.53. The maximum atomic E-state index is 12.4. The lowest BCUT2D eigenvalue weighted by atomic mass is 9.94. The van der Waals surface area contributed by atoms with Crippen LogP contribution in [-0.4, -0.2) is 37.2 Å². The van der Waals surface area contributed by atoms with E-state index in [1.807, 2.05) is 44.2 Å². The molecule has 0 bridgehead atoms. The summed E-state index contributed by atoms with van der Waals surface area (Å²) in [5.74, 6) is 0.871. The van der Waals surface area contributed by atoms with Gasteiger partial charge in [-0.15, -0.1) is 0 Å². The Bertz CT molecular complexity index is 1410. The van der Waals surface area contributed by atoms with Crippen LogP contribution in [0.4, 0.5) is 11.5 Å². The lowest BCUT2D eigenvalue weighted by Crippen LogP contribution is -2.31. The van der Waals surface area contributed by atoms with E-state index < -0.39 is 10.0 Å². The molecule has 182 valence electrons. The first-order valence-corrected chi connectivity index (χ1v) is 13.3. The summed E-state index contributed by atoms with van der Waals surface area (Å²) in [6, 6.07) is 12.9. The molecule has 8 nitrogen and oxygen atoms in total. The van der Waals surface area contributed by atoms with Gasteiger partial charge in [-0.25, -0.2) is 13.4 Å². The van der Waals surface area contributed by atoms with E-state index in [2.05, 4.69) is 15.0 Å². The molecule has 1 aliphatic heterocycles. The van der Waals surface area contributed by atoms with E-state index in [-0.39, 0.29) is 17.3 Å². The molecule has 1 saturated carbocycles. The van der Waals surface area contributed by atoms with E-state index in [0.717, 1.165) is 34.2 Å². The number of hydrogen-bond donors (Lipinski definition) is 3. The molecule has 2 aliphatic rings. The summed E-state index contributed by atoms with van der Waals surface area (Å²) >= 11 is 0. The third-order valence-corrected chi connectivity index (χ3v) is 8.01. The van der Waals surface area contributed by atoms with Crippen molar-refractivity contribution in [1.82, 2.24) is 10.3 Å². The number of carbonyl (C=O) groups is 1. The van der Waals surface area contributed by atoms with E-state index in [9.17, 15) is 13.2 Å². The first-order valence-electron chi connectivity index (χ1n) is 11.7. The number of aromatic nitrogens is 1. The molecule has 0 unspecified atom stereocenters. The standard InChI is InChI=1S/C26H28N4O4S/c1-15(2)34-24-13-19(30-35(32,33)20-5-6-20)4-8-21(24)18-12-23(25(27)29-14-18)16-3-7-22-17(11-16)9-10-28-26(22)31/h3-4,7-8,11-15,20,30H,5-6,9-10H2,1-2H3,(H2,27,29)(H,28,31). The molecule has 2 heterocycles. The highest BCUT2D eigenvalue weighted by atomic mass is 32.2. The number of anilines is 2. The summed E-state index contributed by atoms with van der Waals surface area (Å²) < 4.78 is 33.6. The van der Waals surface area contributed by atoms with Crippen LogP contribution in [0.3, 0.4) is 0 Å². The molecule has 2 aromatic carbocycles. The number of hydrogen-bond acceptors (Lipinski definition) is 6. The van der Waals surface area contributed by atoms with Gasteiger partial charge in [-0.05, 0) is 68.5 Å². The van der Waals surface area contributed by atoms with Crippen LogP contribution in [0.1, 0.15) is 42.6 Å². The number of nitrogens with one attached hydrogen (secondary N) is 2. The Kier molecular flexibility index (Phi) is 5.88. The number of nitrogens with two attached hydrogens (primary N) is 1. The second-order valence-corrected chi connectivity index (χ2v) is 11.2. The van der Waals surface area contributed by atoms with Crippen molar-refractivity contribution in [2.75, 3.05) is 17.0 Å². The van der Waals surface area contributed by atoms with Crippen LogP contribution in [0.5, 0.6) is 5.75 Å². The molecule has 4 N–H and O–H groups in total. The molecule has 0 saturated heterocycles. The van der Waals surface area contributed by atoms with Gasteiger partial charge in [0.05, 0.1) is 17.0 Å². The monoisotopic (exact) mass is 492 g/mol. The largest absolute Gasteiger partial charge is 0.490 e. The molecular formula is C26H28N4O4S. The minimum absolute atomic E-state index is 0.0643. The van der Waals surface area contributed by atoms with Crippen molar-refractivity contribution in [1.29, 1.82) is 0 Å². The van der Waals surface area contributed by atoms with Crippen LogP contribution < -0.4 is 20.5 Å². The SMILES string of the molecule is CC(C)Oc1cc(NS(=O)(=O)C2CC2)ccc1-c1cnc(N)c(-c2ccc3c(c2)CCNC3=O)c1. The summed E-state index contributed by atoms with van der Waals surface area (Å²) in [5.41, 5.74) is 11.6. The van der Waals surface area contributed by atoms with Crippen molar-refractivity contribution in [3.05, 3.63) is 59.8 Å². The van der Waals surface area contributed by atoms with E-state index in [0.29, 0.717) is 42.2 Å². The highest BCUT2D eigenvalue weighted by Crippen LogP contribution is 2.38. The summed E-state index contributed by atoms with van der Waals surface area (Å²) in [5, 5.41) is 2.54. The maximum Gasteiger partial charge on any atom is 0.251 e. The summed E-state index contributed by atoms with van der Waals surface area (Å²) in [4.78, 5) is 16.5.